The normalized spacial score (nSPS) is 15.4. The number of carboxylic acids is 1. The van der Waals surface area contributed by atoms with Gasteiger partial charge in [0.25, 0.3) is 0 Å². The van der Waals surface area contributed by atoms with Crippen molar-refractivity contribution in [2.45, 2.75) is 12.7 Å². The Morgan fingerprint density at radius 3 is 2.82 bits per heavy atom. The van der Waals surface area contributed by atoms with Crippen LogP contribution < -0.4 is 4.74 Å². The molecule has 2 rings (SSSR count). The van der Waals surface area contributed by atoms with Crippen LogP contribution in [-0.2, 0) is 16.1 Å². The van der Waals surface area contributed by atoms with Gasteiger partial charge in [0.15, 0.2) is 0 Å². The Labute approximate surface area is 98.9 Å². The SMILES string of the molecule is COc1cc(COC2COC2)ccc1C(=O)O. The number of methoxy groups -OCH3 is 1. The van der Waals surface area contributed by atoms with E-state index in [0.29, 0.717) is 25.6 Å². The van der Waals surface area contributed by atoms with Gasteiger partial charge in [-0.25, -0.2) is 4.79 Å². The molecule has 0 radical (unpaired) electrons. The van der Waals surface area contributed by atoms with Crippen molar-refractivity contribution in [3.63, 3.8) is 0 Å². The zero-order chi connectivity index (χ0) is 12.3. The van der Waals surface area contributed by atoms with Crippen molar-refractivity contribution in [3.8, 4) is 5.75 Å². The van der Waals surface area contributed by atoms with E-state index in [1.165, 1.54) is 13.2 Å². The highest BCUT2D eigenvalue weighted by molar-refractivity contribution is 5.90. The van der Waals surface area contributed by atoms with Gasteiger partial charge in [-0.2, -0.15) is 0 Å². The minimum atomic E-state index is -0.998. The predicted octanol–water partition coefficient (Wildman–Crippen LogP) is 1.31. The third kappa shape index (κ3) is 2.75. The van der Waals surface area contributed by atoms with E-state index in [4.69, 9.17) is 19.3 Å². The maximum absolute atomic E-state index is 10.9. The first-order valence-corrected chi connectivity index (χ1v) is 5.30. The number of ether oxygens (including phenoxy) is 3. The van der Waals surface area contributed by atoms with Crippen molar-refractivity contribution >= 4 is 5.97 Å². The van der Waals surface area contributed by atoms with E-state index in [0.717, 1.165) is 5.56 Å². The van der Waals surface area contributed by atoms with E-state index in [-0.39, 0.29) is 11.7 Å². The molecule has 1 aromatic rings. The topological polar surface area (TPSA) is 65.0 Å². The summed E-state index contributed by atoms with van der Waals surface area (Å²) in [6, 6.07) is 4.94. The van der Waals surface area contributed by atoms with Crippen molar-refractivity contribution in [1.82, 2.24) is 0 Å². The fourth-order valence-corrected chi connectivity index (χ4v) is 1.53. The highest BCUT2D eigenvalue weighted by Gasteiger charge is 2.19. The highest BCUT2D eigenvalue weighted by atomic mass is 16.6. The largest absolute Gasteiger partial charge is 0.496 e. The molecular weight excluding hydrogens is 224 g/mol. The van der Waals surface area contributed by atoms with Crippen molar-refractivity contribution < 1.29 is 24.1 Å². The molecule has 1 aromatic carbocycles. The van der Waals surface area contributed by atoms with Gasteiger partial charge in [0.1, 0.15) is 17.4 Å². The number of aromatic carboxylic acids is 1. The van der Waals surface area contributed by atoms with E-state index < -0.39 is 5.97 Å². The van der Waals surface area contributed by atoms with Crippen LogP contribution in [0.25, 0.3) is 0 Å². The van der Waals surface area contributed by atoms with Gasteiger partial charge in [0.05, 0.1) is 26.9 Å². The smallest absolute Gasteiger partial charge is 0.339 e. The molecule has 0 amide bonds. The van der Waals surface area contributed by atoms with Crippen LogP contribution in [0.2, 0.25) is 0 Å². The van der Waals surface area contributed by atoms with Gasteiger partial charge in [0.2, 0.25) is 0 Å². The Kier molecular flexibility index (Phi) is 3.61. The zero-order valence-corrected chi connectivity index (χ0v) is 9.51. The fourth-order valence-electron chi connectivity index (χ4n) is 1.53. The lowest BCUT2D eigenvalue weighted by atomic mass is 10.1. The lowest BCUT2D eigenvalue weighted by Crippen LogP contribution is -2.35. The second-order valence-electron chi connectivity index (χ2n) is 3.81. The Balaban J connectivity index is 2.04. The maximum Gasteiger partial charge on any atom is 0.339 e. The Bertz CT molecular complexity index is 411. The summed E-state index contributed by atoms with van der Waals surface area (Å²) in [6.45, 7) is 1.69. The van der Waals surface area contributed by atoms with Gasteiger partial charge in [-0.05, 0) is 17.7 Å². The molecule has 1 saturated heterocycles. The molecule has 0 spiro atoms. The number of carbonyl (C=O) groups is 1. The van der Waals surface area contributed by atoms with E-state index in [9.17, 15) is 4.79 Å². The van der Waals surface area contributed by atoms with E-state index in [1.807, 2.05) is 0 Å². The van der Waals surface area contributed by atoms with Gasteiger partial charge in [-0.15, -0.1) is 0 Å². The quantitative estimate of drug-likeness (QED) is 0.837. The molecule has 1 heterocycles. The standard InChI is InChI=1S/C12H14O5/c1-15-11-4-8(2-3-10(11)12(13)14)5-17-9-6-16-7-9/h2-4,9H,5-7H2,1H3,(H,13,14). The molecule has 1 aliphatic rings. The van der Waals surface area contributed by atoms with Gasteiger partial charge < -0.3 is 19.3 Å². The Morgan fingerprint density at radius 2 is 2.29 bits per heavy atom. The summed E-state index contributed by atoms with van der Waals surface area (Å²) in [5.74, 6) is -0.648. The van der Waals surface area contributed by atoms with Crippen LogP contribution in [0.5, 0.6) is 5.75 Å². The van der Waals surface area contributed by atoms with Crippen LogP contribution in [-0.4, -0.2) is 37.5 Å². The van der Waals surface area contributed by atoms with E-state index in [1.54, 1.807) is 12.1 Å². The average molecular weight is 238 g/mol. The molecular formula is C12H14O5. The molecule has 0 bridgehead atoms. The minimum absolute atomic E-state index is 0.153. The third-order valence-corrected chi connectivity index (χ3v) is 2.59. The molecule has 1 N–H and O–H groups in total. The van der Waals surface area contributed by atoms with Gasteiger partial charge in [0, 0.05) is 0 Å². The third-order valence-electron chi connectivity index (χ3n) is 2.59. The molecule has 0 unspecified atom stereocenters. The van der Waals surface area contributed by atoms with Crippen LogP contribution in [0.4, 0.5) is 0 Å². The molecule has 0 aliphatic carbocycles. The fraction of sp³-hybridized carbons (Fsp3) is 0.417. The van der Waals surface area contributed by atoms with Gasteiger partial charge in [-0.3, -0.25) is 0 Å². The Morgan fingerprint density at radius 1 is 1.53 bits per heavy atom. The van der Waals surface area contributed by atoms with Crippen LogP contribution in [0.3, 0.4) is 0 Å². The first-order chi connectivity index (χ1) is 8.20. The Hall–Kier alpha value is -1.59. The first kappa shape index (κ1) is 11.9. The molecule has 0 atom stereocenters. The zero-order valence-electron chi connectivity index (χ0n) is 9.51. The molecule has 5 nitrogen and oxygen atoms in total. The molecule has 92 valence electrons. The van der Waals surface area contributed by atoms with Crippen molar-refractivity contribution in [1.29, 1.82) is 0 Å². The summed E-state index contributed by atoms with van der Waals surface area (Å²) < 4.78 is 15.6. The summed E-state index contributed by atoms with van der Waals surface area (Å²) >= 11 is 0. The van der Waals surface area contributed by atoms with Crippen molar-refractivity contribution in [2.24, 2.45) is 0 Å². The number of hydrogen-bond acceptors (Lipinski definition) is 4. The maximum atomic E-state index is 10.9. The molecule has 5 heteroatoms. The van der Waals surface area contributed by atoms with Crippen LogP contribution in [0.1, 0.15) is 15.9 Å². The molecule has 0 saturated carbocycles. The average Bonchev–Trinajstić information content (AvgIpc) is 2.26. The van der Waals surface area contributed by atoms with E-state index >= 15 is 0 Å². The predicted molar refractivity (Wildman–Crippen MR) is 59.3 cm³/mol. The highest BCUT2D eigenvalue weighted by Crippen LogP contribution is 2.21. The number of benzene rings is 1. The number of carboxylic acid groups (broad SMARTS) is 1. The molecule has 17 heavy (non-hydrogen) atoms. The monoisotopic (exact) mass is 238 g/mol. The van der Waals surface area contributed by atoms with Crippen LogP contribution >= 0.6 is 0 Å². The number of rotatable bonds is 5. The summed E-state index contributed by atoms with van der Waals surface area (Å²) in [5.41, 5.74) is 1.04. The minimum Gasteiger partial charge on any atom is -0.496 e. The van der Waals surface area contributed by atoms with Crippen LogP contribution in [0.15, 0.2) is 18.2 Å². The first-order valence-electron chi connectivity index (χ1n) is 5.30. The molecule has 0 aromatic heterocycles. The lowest BCUT2D eigenvalue weighted by Gasteiger charge is -2.26. The summed E-state index contributed by atoms with van der Waals surface area (Å²) in [7, 11) is 1.45. The second-order valence-corrected chi connectivity index (χ2v) is 3.81. The van der Waals surface area contributed by atoms with Crippen molar-refractivity contribution in [2.75, 3.05) is 20.3 Å². The molecule has 1 aliphatic heterocycles. The second kappa shape index (κ2) is 5.16. The molecule has 1 fully saturated rings. The summed E-state index contributed by atoms with van der Waals surface area (Å²) in [5, 5.41) is 8.93. The van der Waals surface area contributed by atoms with Gasteiger partial charge in [-0.1, -0.05) is 6.07 Å². The van der Waals surface area contributed by atoms with E-state index in [2.05, 4.69) is 0 Å². The van der Waals surface area contributed by atoms with Crippen LogP contribution in [0, 0.1) is 0 Å². The van der Waals surface area contributed by atoms with Gasteiger partial charge >= 0.3 is 5.97 Å². The lowest BCUT2D eigenvalue weighted by molar-refractivity contribution is -0.135. The summed E-state index contributed by atoms with van der Waals surface area (Å²) in [4.78, 5) is 10.9. The number of hydrogen-bond donors (Lipinski definition) is 1. The van der Waals surface area contributed by atoms with Crippen molar-refractivity contribution in [3.05, 3.63) is 29.3 Å². The summed E-state index contributed by atoms with van der Waals surface area (Å²) in [6.07, 6.45) is 0.153.